The maximum absolute atomic E-state index is 12.3. The first-order chi connectivity index (χ1) is 9.87. The SMILES string of the molecule is COCCCNC(=O)CN(C)S(=O)(=O)c1cccc(Br)c1. The molecule has 0 heterocycles. The number of hydrogen-bond acceptors (Lipinski definition) is 4. The molecule has 1 rings (SSSR count). The van der Waals surface area contributed by atoms with Gasteiger partial charge >= 0.3 is 0 Å². The van der Waals surface area contributed by atoms with Crippen LogP contribution in [0.5, 0.6) is 0 Å². The molecule has 1 amide bonds. The van der Waals surface area contributed by atoms with Crippen LogP contribution in [0.1, 0.15) is 6.42 Å². The number of carbonyl (C=O) groups excluding carboxylic acids is 1. The molecule has 21 heavy (non-hydrogen) atoms. The molecule has 0 radical (unpaired) electrons. The fourth-order valence-corrected chi connectivity index (χ4v) is 3.32. The van der Waals surface area contributed by atoms with Gasteiger partial charge in [0.2, 0.25) is 15.9 Å². The third-order valence-electron chi connectivity index (χ3n) is 2.72. The van der Waals surface area contributed by atoms with E-state index in [2.05, 4.69) is 21.2 Å². The summed E-state index contributed by atoms with van der Waals surface area (Å²) in [7, 11) is -0.711. The molecule has 0 spiro atoms. The quantitative estimate of drug-likeness (QED) is 0.690. The minimum absolute atomic E-state index is 0.145. The lowest BCUT2D eigenvalue weighted by Crippen LogP contribution is -2.38. The number of nitrogens with one attached hydrogen (secondary N) is 1. The number of hydrogen-bond donors (Lipinski definition) is 1. The van der Waals surface area contributed by atoms with Gasteiger partial charge in [-0.2, -0.15) is 4.31 Å². The van der Waals surface area contributed by atoms with E-state index < -0.39 is 10.0 Å². The van der Waals surface area contributed by atoms with Crippen molar-refractivity contribution in [1.29, 1.82) is 0 Å². The third-order valence-corrected chi connectivity index (χ3v) is 5.01. The molecule has 0 saturated carbocycles. The molecule has 0 aliphatic carbocycles. The molecule has 0 bridgehead atoms. The summed E-state index contributed by atoms with van der Waals surface area (Å²) < 4.78 is 31.2. The maximum Gasteiger partial charge on any atom is 0.243 e. The molecule has 8 heteroatoms. The number of sulfonamides is 1. The summed E-state index contributed by atoms with van der Waals surface area (Å²) >= 11 is 3.23. The summed E-state index contributed by atoms with van der Waals surface area (Å²) in [5, 5.41) is 2.65. The highest BCUT2D eigenvalue weighted by molar-refractivity contribution is 9.10. The van der Waals surface area contributed by atoms with Crippen molar-refractivity contribution in [2.24, 2.45) is 0 Å². The van der Waals surface area contributed by atoms with Crippen LogP contribution in [-0.4, -0.2) is 52.5 Å². The van der Waals surface area contributed by atoms with Gasteiger partial charge < -0.3 is 10.1 Å². The summed E-state index contributed by atoms with van der Waals surface area (Å²) in [5.41, 5.74) is 0. The summed E-state index contributed by atoms with van der Waals surface area (Å²) in [6.45, 7) is 0.783. The second-order valence-corrected chi connectivity index (χ2v) is 7.38. The van der Waals surface area contributed by atoms with Crippen molar-refractivity contribution in [2.75, 3.05) is 33.9 Å². The Bertz CT molecular complexity index is 577. The minimum atomic E-state index is -3.67. The Morgan fingerprint density at radius 2 is 2.14 bits per heavy atom. The molecular weight excluding hydrogens is 360 g/mol. The molecule has 1 N–H and O–H groups in total. The van der Waals surface area contributed by atoms with E-state index in [9.17, 15) is 13.2 Å². The molecule has 0 unspecified atom stereocenters. The summed E-state index contributed by atoms with van der Waals surface area (Å²) in [4.78, 5) is 11.8. The topological polar surface area (TPSA) is 75.7 Å². The first-order valence-electron chi connectivity index (χ1n) is 6.35. The molecule has 1 aromatic carbocycles. The number of methoxy groups -OCH3 is 1. The number of rotatable bonds is 8. The van der Waals surface area contributed by atoms with Gasteiger partial charge in [0.05, 0.1) is 11.4 Å². The standard InChI is InChI=1S/C13H19BrN2O4S/c1-16(10-13(17)15-7-4-8-20-2)21(18,19)12-6-3-5-11(14)9-12/h3,5-6,9H,4,7-8,10H2,1-2H3,(H,15,17). The van der Waals surface area contributed by atoms with E-state index >= 15 is 0 Å². The predicted octanol–water partition coefficient (Wildman–Crippen LogP) is 1.22. The number of halogens is 1. The molecule has 0 aliphatic heterocycles. The Balaban J connectivity index is 2.61. The largest absolute Gasteiger partial charge is 0.385 e. The molecule has 0 saturated heterocycles. The van der Waals surface area contributed by atoms with Crippen molar-refractivity contribution < 1.29 is 17.9 Å². The number of benzene rings is 1. The van der Waals surface area contributed by atoms with Gasteiger partial charge in [0.15, 0.2) is 0 Å². The molecule has 118 valence electrons. The average Bonchev–Trinajstić information content (AvgIpc) is 2.43. The van der Waals surface area contributed by atoms with Crippen LogP contribution >= 0.6 is 15.9 Å². The van der Waals surface area contributed by atoms with E-state index in [1.807, 2.05) is 0 Å². The zero-order valence-electron chi connectivity index (χ0n) is 12.0. The number of nitrogens with zero attached hydrogens (tertiary/aromatic N) is 1. The number of likely N-dealkylation sites (N-methyl/N-ethyl adjacent to an activating group) is 1. The lowest BCUT2D eigenvalue weighted by atomic mass is 10.4. The van der Waals surface area contributed by atoms with E-state index in [1.54, 1.807) is 19.2 Å². The predicted molar refractivity (Wildman–Crippen MR) is 83.5 cm³/mol. The Kier molecular flexibility index (Phi) is 7.30. The molecule has 0 aliphatic rings. The monoisotopic (exact) mass is 378 g/mol. The maximum atomic E-state index is 12.3. The molecule has 1 aromatic rings. The van der Waals surface area contributed by atoms with E-state index in [4.69, 9.17) is 4.74 Å². The van der Waals surface area contributed by atoms with Crippen molar-refractivity contribution in [3.8, 4) is 0 Å². The third kappa shape index (κ3) is 5.74. The van der Waals surface area contributed by atoms with Gasteiger partial charge in [0.25, 0.3) is 0 Å². The van der Waals surface area contributed by atoms with E-state index in [0.29, 0.717) is 24.0 Å². The van der Waals surface area contributed by atoms with Crippen LogP contribution in [0.2, 0.25) is 0 Å². The highest BCUT2D eigenvalue weighted by Gasteiger charge is 2.22. The Morgan fingerprint density at radius 3 is 2.76 bits per heavy atom. The molecule has 0 fully saturated rings. The Morgan fingerprint density at radius 1 is 1.43 bits per heavy atom. The second-order valence-electron chi connectivity index (χ2n) is 4.41. The molecule has 0 aromatic heterocycles. The average molecular weight is 379 g/mol. The fraction of sp³-hybridized carbons (Fsp3) is 0.462. The highest BCUT2D eigenvalue weighted by Crippen LogP contribution is 2.18. The van der Waals surface area contributed by atoms with Crippen LogP contribution in [0.25, 0.3) is 0 Å². The Hall–Kier alpha value is -0.960. The first-order valence-corrected chi connectivity index (χ1v) is 8.59. The second kappa shape index (κ2) is 8.47. The number of carbonyl (C=O) groups is 1. The summed E-state index contributed by atoms with van der Waals surface area (Å²) in [6.07, 6.45) is 0.685. The lowest BCUT2D eigenvalue weighted by molar-refractivity contribution is -0.121. The molecule has 6 nitrogen and oxygen atoms in total. The molecule has 0 atom stereocenters. The number of ether oxygens (including phenoxy) is 1. The van der Waals surface area contributed by atoms with Gasteiger partial charge in [-0.15, -0.1) is 0 Å². The van der Waals surface area contributed by atoms with Crippen LogP contribution < -0.4 is 5.32 Å². The Labute approximate surface area is 133 Å². The zero-order chi connectivity index (χ0) is 15.9. The highest BCUT2D eigenvalue weighted by atomic mass is 79.9. The van der Waals surface area contributed by atoms with Gasteiger partial charge in [-0.3, -0.25) is 4.79 Å². The fourth-order valence-electron chi connectivity index (χ4n) is 1.59. The van der Waals surface area contributed by atoms with Crippen molar-refractivity contribution in [2.45, 2.75) is 11.3 Å². The van der Waals surface area contributed by atoms with Crippen LogP contribution in [0, 0.1) is 0 Å². The van der Waals surface area contributed by atoms with Gasteiger partial charge in [-0.05, 0) is 24.6 Å². The van der Waals surface area contributed by atoms with Crippen LogP contribution in [0.4, 0.5) is 0 Å². The normalized spacial score (nSPS) is 11.6. The van der Waals surface area contributed by atoms with Crippen molar-refractivity contribution in [3.05, 3.63) is 28.7 Å². The van der Waals surface area contributed by atoms with Crippen LogP contribution in [0.15, 0.2) is 33.6 Å². The summed E-state index contributed by atoms with van der Waals surface area (Å²) in [5.74, 6) is -0.341. The lowest BCUT2D eigenvalue weighted by Gasteiger charge is -2.17. The first kappa shape index (κ1) is 18.1. The molecular formula is C13H19BrN2O4S. The van der Waals surface area contributed by atoms with Gasteiger partial charge in [0.1, 0.15) is 0 Å². The minimum Gasteiger partial charge on any atom is -0.385 e. The van der Waals surface area contributed by atoms with Gasteiger partial charge in [-0.1, -0.05) is 22.0 Å². The van der Waals surface area contributed by atoms with Crippen LogP contribution in [-0.2, 0) is 19.6 Å². The van der Waals surface area contributed by atoms with Crippen molar-refractivity contribution in [3.63, 3.8) is 0 Å². The van der Waals surface area contributed by atoms with Gasteiger partial charge in [-0.25, -0.2) is 8.42 Å². The van der Waals surface area contributed by atoms with E-state index in [1.165, 1.54) is 19.2 Å². The van der Waals surface area contributed by atoms with Gasteiger partial charge in [0, 0.05) is 31.8 Å². The number of amides is 1. The van der Waals surface area contributed by atoms with Crippen molar-refractivity contribution in [1.82, 2.24) is 9.62 Å². The van der Waals surface area contributed by atoms with E-state index in [0.717, 1.165) is 4.31 Å². The zero-order valence-corrected chi connectivity index (χ0v) is 14.4. The van der Waals surface area contributed by atoms with E-state index in [-0.39, 0.29) is 17.3 Å². The van der Waals surface area contributed by atoms with Crippen molar-refractivity contribution >= 4 is 31.9 Å². The van der Waals surface area contributed by atoms with Crippen LogP contribution in [0.3, 0.4) is 0 Å². The smallest absolute Gasteiger partial charge is 0.243 e. The summed E-state index contributed by atoms with van der Waals surface area (Å²) in [6, 6.07) is 6.37.